The van der Waals surface area contributed by atoms with Crippen LogP contribution < -0.4 is 0 Å². The molecular weight excluding hydrogens is 502 g/mol. The van der Waals surface area contributed by atoms with Crippen molar-refractivity contribution in [2.45, 2.75) is 11.8 Å². The van der Waals surface area contributed by atoms with Gasteiger partial charge in [-0.15, -0.1) is 0 Å². The summed E-state index contributed by atoms with van der Waals surface area (Å²) in [6.07, 6.45) is 1.11. The van der Waals surface area contributed by atoms with E-state index >= 15 is 0 Å². The number of halogens is 1. The van der Waals surface area contributed by atoms with E-state index in [4.69, 9.17) is 0 Å². The number of non-ortho nitro benzene ring substituents is 1. The molecule has 7 rings (SSSR count). The summed E-state index contributed by atoms with van der Waals surface area (Å²) in [5.41, 5.74) is 3.98. The second-order valence-corrected chi connectivity index (χ2v) is 9.47. The average molecular weight is 518 g/mol. The van der Waals surface area contributed by atoms with Crippen molar-refractivity contribution < 1.29 is 19.6 Å². The summed E-state index contributed by atoms with van der Waals surface area (Å²) < 4.78 is 0.111. The summed E-state index contributed by atoms with van der Waals surface area (Å²) in [6, 6.07) is 18.1. The number of hydrogen-bond acceptors (Lipinski definition) is 6. The summed E-state index contributed by atoms with van der Waals surface area (Å²) in [5, 5.41) is 26.5. The summed E-state index contributed by atoms with van der Waals surface area (Å²) in [7, 11) is 0. The van der Waals surface area contributed by atoms with Crippen LogP contribution in [0.5, 0.6) is 5.75 Å². The van der Waals surface area contributed by atoms with Crippen LogP contribution in [0.2, 0.25) is 0 Å². The second-order valence-electron chi connectivity index (χ2n) is 8.62. The lowest BCUT2D eigenvalue weighted by atomic mass is 9.55. The summed E-state index contributed by atoms with van der Waals surface area (Å²) in [6.45, 7) is 0. The zero-order valence-corrected chi connectivity index (χ0v) is 19.0. The lowest BCUT2D eigenvalue weighted by Crippen LogP contribution is -2.41. The van der Waals surface area contributed by atoms with Crippen LogP contribution in [-0.2, 0) is 9.59 Å². The number of nitro groups is 1. The Balaban J connectivity index is 1.43. The minimum atomic E-state index is -0.603. The van der Waals surface area contributed by atoms with Crippen LogP contribution in [0.25, 0.3) is 0 Å². The molecule has 2 atom stereocenters. The van der Waals surface area contributed by atoms with Crippen molar-refractivity contribution in [3.05, 3.63) is 103 Å². The molecule has 4 aliphatic rings. The number of phenolic OH excluding ortho intramolecular Hbond substituents is 1. The predicted octanol–water partition coefficient (Wildman–Crippen LogP) is 4.29. The maximum Gasteiger partial charge on any atom is 0.271 e. The topological polar surface area (TPSA) is 113 Å². The minimum absolute atomic E-state index is 0.0195. The van der Waals surface area contributed by atoms with E-state index in [0.717, 1.165) is 39.5 Å². The first-order chi connectivity index (χ1) is 16.4. The third-order valence-electron chi connectivity index (χ3n) is 7.03. The molecule has 0 saturated carbocycles. The Morgan fingerprint density at radius 2 is 1.38 bits per heavy atom. The highest BCUT2D eigenvalue weighted by molar-refractivity contribution is 9.10. The molecule has 168 valence electrons. The quantitative estimate of drug-likeness (QED) is 0.241. The van der Waals surface area contributed by atoms with Crippen molar-refractivity contribution in [3.8, 4) is 5.75 Å². The number of phenols is 1. The van der Waals surface area contributed by atoms with Gasteiger partial charge in [-0.05, 0) is 38.2 Å². The molecular formula is C25H16BrN3O5. The van der Waals surface area contributed by atoms with E-state index in [9.17, 15) is 24.8 Å². The summed E-state index contributed by atoms with van der Waals surface area (Å²) >= 11 is 3.09. The lowest BCUT2D eigenvalue weighted by molar-refractivity contribution is -0.385. The third-order valence-corrected chi connectivity index (χ3v) is 7.63. The molecule has 9 heteroatoms. The smallest absolute Gasteiger partial charge is 0.271 e. The Morgan fingerprint density at radius 3 is 1.82 bits per heavy atom. The third kappa shape index (κ3) is 2.73. The number of rotatable bonds is 3. The number of carbonyl (C=O) groups is 2. The Labute approximate surface area is 201 Å². The van der Waals surface area contributed by atoms with E-state index < -0.39 is 28.6 Å². The van der Waals surface area contributed by atoms with Crippen molar-refractivity contribution in [3.63, 3.8) is 0 Å². The standard InChI is InChI=1S/C25H16BrN3O5/c26-18-10-13(29(33)34)9-12(23(18)30)11-27-28-24(31)21-19-14-5-1-2-6-15(14)20(22(21)25(28)32)17-8-4-3-7-16(17)19/h1-11,19-22,30H/b27-11-/t19?,20?,21-,22-/m1/s1. The number of carbonyl (C=O) groups excluding carboxylic acids is 2. The molecule has 3 aromatic carbocycles. The first-order valence-electron chi connectivity index (χ1n) is 10.6. The Bertz CT molecular complexity index is 1340. The fraction of sp³-hybridized carbons (Fsp3) is 0.160. The van der Waals surface area contributed by atoms with Gasteiger partial charge >= 0.3 is 0 Å². The van der Waals surface area contributed by atoms with Gasteiger partial charge in [0.1, 0.15) is 5.75 Å². The molecule has 3 aliphatic carbocycles. The Morgan fingerprint density at radius 1 is 0.912 bits per heavy atom. The monoisotopic (exact) mass is 517 g/mol. The minimum Gasteiger partial charge on any atom is -0.506 e. The van der Waals surface area contributed by atoms with Gasteiger partial charge in [-0.3, -0.25) is 19.7 Å². The zero-order chi connectivity index (χ0) is 23.7. The molecule has 8 nitrogen and oxygen atoms in total. The number of nitrogens with zero attached hydrogens (tertiary/aromatic N) is 3. The van der Waals surface area contributed by atoms with Crippen molar-refractivity contribution in [2.24, 2.45) is 16.9 Å². The van der Waals surface area contributed by atoms with Crippen LogP contribution in [0.4, 0.5) is 5.69 Å². The highest BCUT2D eigenvalue weighted by atomic mass is 79.9. The van der Waals surface area contributed by atoms with Gasteiger partial charge in [-0.1, -0.05) is 48.5 Å². The van der Waals surface area contributed by atoms with Crippen LogP contribution in [0.3, 0.4) is 0 Å². The van der Waals surface area contributed by atoms with Gasteiger partial charge in [0.2, 0.25) is 0 Å². The van der Waals surface area contributed by atoms with Crippen molar-refractivity contribution >= 4 is 39.6 Å². The Hall–Kier alpha value is -3.85. The highest BCUT2D eigenvalue weighted by Gasteiger charge is 2.61. The molecule has 1 heterocycles. The van der Waals surface area contributed by atoms with E-state index in [-0.39, 0.29) is 33.3 Å². The van der Waals surface area contributed by atoms with Crippen molar-refractivity contribution in [2.75, 3.05) is 0 Å². The Kier molecular flexibility index (Phi) is 4.47. The molecule has 0 spiro atoms. The zero-order valence-electron chi connectivity index (χ0n) is 17.5. The molecule has 2 bridgehead atoms. The first-order valence-corrected chi connectivity index (χ1v) is 11.4. The number of hydrogen-bond donors (Lipinski definition) is 1. The predicted molar refractivity (Wildman–Crippen MR) is 125 cm³/mol. The largest absolute Gasteiger partial charge is 0.506 e. The molecule has 1 fully saturated rings. The van der Waals surface area contributed by atoms with Crippen molar-refractivity contribution in [1.82, 2.24) is 5.01 Å². The van der Waals surface area contributed by atoms with Gasteiger partial charge in [-0.2, -0.15) is 10.1 Å². The molecule has 0 radical (unpaired) electrons. The van der Waals surface area contributed by atoms with Crippen LogP contribution in [0, 0.1) is 22.0 Å². The van der Waals surface area contributed by atoms with Crippen LogP contribution in [-0.4, -0.2) is 33.1 Å². The normalized spacial score (nSPS) is 24.3. The maximum atomic E-state index is 13.5. The molecule has 1 aliphatic heterocycles. The van der Waals surface area contributed by atoms with Crippen LogP contribution in [0.1, 0.15) is 39.7 Å². The van der Waals surface area contributed by atoms with Gasteiger partial charge in [-0.25, -0.2) is 0 Å². The van der Waals surface area contributed by atoms with E-state index in [1.807, 2.05) is 48.5 Å². The molecule has 2 amide bonds. The number of hydrazone groups is 1. The first kappa shape index (κ1) is 20.7. The van der Waals surface area contributed by atoms with Crippen LogP contribution >= 0.6 is 15.9 Å². The summed E-state index contributed by atoms with van der Waals surface area (Å²) in [4.78, 5) is 37.6. The van der Waals surface area contributed by atoms with Crippen molar-refractivity contribution in [1.29, 1.82) is 0 Å². The fourth-order valence-electron chi connectivity index (χ4n) is 5.70. The molecule has 3 aromatic rings. The molecule has 1 saturated heterocycles. The second kappa shape index (κ2) is 7.33. The number of imide groups is 1. The van der Waals surface area contributed by atoms with E-state index in [1.54, 1.807) is 0 Å². The molecule has 0 aromatic heterocycles. The highest BCUT2D eigenvalue weighted by Crippen LogP contribution is 2.60. The number of benzene rings is 3. The average Bonchev–Trinajstić information content (AvgIpc) is 3.10. The fourth-order valence-corrected chi connectivity index (χ4v) is 6.17. The van der Waals surface area contributed by atoms with Gasteiger partial charge in [0.15, 0.2) is 0 Å². The number of aromatic hydroxyl groups is 1. The molecule has 1 N–H and O–H groups in total. The SMILES string of the molecule is O=C1[C@@H]2C3c4ccccc4C(c4ccccc43)[C@H]2C(=O)N1/N=C\c1cc([N+](=O)[O-])cc(Br)c1O. The van der Waals surface area contributed by atoms with E-state index in [2.05, 4.69) is 21.0 Å². The number of nitro benzene ring substituents is 1. The number of amides is 2. The van der Waals surface area contributed by atoms with E-state index in [1.165, 1.54) is 6.07 Å². The maximum absolute atomic E-state index is 13.5. The molecule has 34 heavy (non-hydrogen) atoms. The van der Waals surface area contributed by atoms with Gasteiger partial charge in [0.25, 0.3) is 17.5 Å². The van der Waals surface area contributed by atoms with Crippen LogP contribution in [0.15, 0.2) is 70.2 Å². The lowest BCUT2D eigenvalue weighted by Gasteiger charge is -2.45. The van der Waals surface area contributed by atoms with Gasteiger partial charge < -0.3 is 5.11 Å². The summed E-state index contributed by atoms with van der Waals surface area (Å²) in [5.74, 6) is -2.75. The van der Waals surface area contributed by atoms with Gasteiger partial charge in [0, 0.05) is 29.5 Å². The van der Waals surface area contributed by atoms with Gasteiger partial charge in [0.05, 0.1) is 27.4 Å². The molecule has 0 unspecified atom stereocenters. The van der Waals surface area contributed by atoms with E-state index in [0.29, 0.717) is 0 Å².